The Hall–Kier alpha value is -1.88. The predicted molar refractivity (Wildman–Crippen MR) is 79.4 cm³/mol. The lowest BCUT2D eigenvalue weighted by Gasteiger charge is -2.27. The van der Waals surface area contributed by atoms with Gasteiger partial charge in [0.05, 0.1) is 0 Å². The minimum Gasteiger partial charge on any atom is -0.369 e. The minimum absolute atomic E-state index is 0.0211. The predicted octanol–water partition coefficient (Wildman–Crippen LogP) is 1.06. The normalized spacial score (nSPS) is 24.4. The average molecular weight is 287 g/mol. The molecule has 0 bridgehead atoms. The second kappa shape index (κ2) is 5.85. The van der Waals surface area contributed by atoms with Crippen molar-refractivity contribution in [2.45, 2.75) is 44.8 Å². The quantitative estimate of drug-likeness (QED) is 0.777. The highest BCUT2D eigenvalue weighted by Gasteiger charge is 2.26. The van der Waals surface area contributed by atoms with Crippen molar-refractivity contribution >= 4 is 11.8 Å². The molecular weight excluding hydrogens is 266 g/mol. The number of benzene rings is 1. The van der Waals surface area contributed by atoms with Crippen molar-refractivity contribution in [3.63, 3.8) is 0 Å². The first-order chi connectivity index (χ1) is 10.1. The van der Waals surface area contributed by atoms with Crippen molar-refractivity contribution in [1.29, 1.82) is 0 Å². The van der Waals surface area contributed by atoms with Gasteiger partial charge in [-0.3, -0.25) is 9.59 Å². The van der Waals surface area contributed by atoms with Crippen molar-refractivity contribution < 1.29 is 9.59 Å². The number of rotatable bonds is 3. The Morgan fingerprint density at radius 2 is 1.81 bits per heavy atom. The molecule has 1 aliphatic heterocycles. The second-order valence-corrected chi connectivity index (χ2v) is 6.01. The summed E-state index contributed by atoms with van der Waals surface area (Å²) in [7, 11) is 0. The second-order valence-electron chi connectivity index (χ2n) is 6.01. The van der Waals surface area contributed by atoms with Gasteiger partial charge in [0, 0.05) is 30.6 Å². The molecule has 0 unspecified atom stereocenters. The number of primary amides is 1. The summed E-state index contributed by atoms with van der Waals surface area (Å²) in [5.41, 5.74) is 8.52. The van der Waals surface area contributed by atoms with Crippen molar-refractivity contribution in [3.8, 4) is 0 Å². The van der Waals surface area contributed by atoms with Crippen LogP contribution in [0.4, 0.5) is 0 Å². The van der Waals surface area contributed by atoms with Crippen LogP contribution in [0, 0.1) is 5.92 Å². The van der Waals surface area contributed by atoms with Crippen LogP contribution in [-0.2, 0) is 17.9 Å². The van der Waals surface area contributed by atoms with E-state index in [0.717, 1.165) is 44.3 Å². The molecule has 2 aliphatic rings. The van der Waals surface area contributed by atoms with Crippen LogP contribution < -0.4 is 16.4 Å². The fraction of sp³-hybridized carbons (Fsp3) is 0.500. The number of nitrogens with one attached hydrogen (secondary N) is 2. The number of carbonyl (C=O) groups excluding carboxylic acids is 2. The maximum absolute atomic E-state index is 12.3. The fourth-order valence-electron chi connectivity index (χ4n) is 3.23. The number of amides is 2. The number of fused-ring (bicyclic) bond motifs is 1. The number of hydrogen-bond donors (Lipinski definition) is 3. The smallest absolute Gasteiger partial charge is 0.251 e. The van der Waals surface area contributed by atoms with Crippen LogP contribution in [0.25, 0.3) is 0 Å². The summed E-state index contributed by atoms with van der Waals surface area (Å²) in [6.07, 6.45) is 3.19. The Bertz CT molecular complexity index is 563. The van der Waals surface area contributed by atoms with Gasteiger partial charge in [0.25, 0.3) is 5.91 Å². The summed E-state index contributed by atoms with van der Waals surface area (Å²) < 4.78 is 0. The molecule has 21 heavy (non-hydrogen) atoms. The third-order valence-electron chi connectivity index (χ3n) is 4.56. The van der Waals surface area contributed by atoms with Gasteiger partial charge in [-0.1, -0.05) is 6.07 Å². The molecule has 5 nitrogen and oxygen atoms in total. The van der Waals surface area contributed by atoms with E-state index in [1.807, 2.05) is 18.2 Å². The molecule has 1 aromatic rings. The van der Waals surface area contributed by atoms with E-state index >= 15 is 0 Å². The summed E-state index contributed by atoms with van der Waals surface area (Å²) in [5, 5.41) is 6.35. The van der Waals surface area contributed by atoms with Gasteiger partial charge in [-0.15, -0.1) is 0 Å². The van der Waals surface area contributed by atoms with Gasteiger partial charge in [-0.05, 0) is 48.9 Å². The Kier molecular flexibility index (Phi) is 3.92. The standard InChI is InChI=1S/C16H21N3O2/c17-15(20)10-3-5-14(6-4-10)19-16(21)11-1-2-12-8-18-9-13(12)7-11/h1-2,7,10,14,18H,3-6,8-9H2,(H2,17,20)(H,19,21). The number of nitrogens with two attached hydrogens (primary N) is 1. The third kappa shape index (κ3) is 3.08. The van der Waals surface area contributed by atoms with Crippen LogP contribution >= 0.6 is 0 Å². The van der Waals surface area contributed by atoms with Gasteiger partial charge < -0.3 is 16.4 Å². The Morgan fingerprint density at radius 1 is 1.10 bits per heavy atom. The molecule has 5 heteroatoms. The lowest BCUT2D eigenvalue weighted by atomic mass is 9.85. The van der Waals surface area contributed by atoms with Crippen molar-refractivity contribution in [2.75, 3.05) is 0 Å². The van der Waals surface area contributed by atoms with E-state index in [1.54, 1.807) is 0 Å². The molecule has 3 rings (SSSR count). The fourth-order valence-corrected chi connectivity index (χ4v) is 3.23. The van der Waals surface area contributed by atoms with Gasteiger partial charge in [0.1, 0.15) is 0 Å². The van der Waals surface area contributed by atoms with Crippen LogP contribution in [0.5, 0.6) is 0 Å². The highest BCUT2D eigenvalue weighted by atomic mass is 16.2. The Morgan fingerprint density at radius 3 is 2.52 bits per heavy atom. The maximum Gasteiger partial charge on any atom is 0.251 e. The van der Waals surface area contributed by atoms with Gasteiger partial charge in [-0.2, -0.15) is 0 Å². The molecule has 0 aromatic heterocycles. The zero-order valence-electron chi connectivity index (χ0n) is 12.0. The molecule has 1 heterocycles. The lowest BCUT2D eigenvalue weighted by Crippen LogP contribution is -2.39. The maximum atomic E-state index is 12.3. The molecule has 4 N–H and O–H groups in total. The Balaban J connectivity index is 1.58. The zero-order valence-corrected chi connectivity index (χ0v) is 12.0. The molecule has 1 fully saturated rings. The molecule has 1 aliphatic carbocycles. The zero-order chi connectivity index (χ0) is 14.8. The van der Waals surface area contributed by atoms with Crippen molar-refractivity contribution in [3.05, 3.63) is 34.9 Å². The summed E-state index contributed by atoms with van der Waals surface area (Å²) in [5.74, 6) is -0.262. The summed E-state index contributed by atoms with van der Waals surface area (Å²) in [4.78, 5) is 23.4. The van der Waals surface area contributed by atoms with E-state index in [4.69, 9.17) is 5.73 Å². The van der Waals surface area contributed by atoms with Gasteiger partial charge >= 0.3 is 0 Å². The molecule has 1 aromatic carbocycles. The van der Waals surface area contributed by atoms with Gasteiger partial charge in [-0.25, -0.2) is 0 Å². The first-order valence-corrected chi connectivity index (χ1v) is 7.56. The molecule has 1 saturated carbocycles. The molecule has 2 amide bonds. The molecule has 0 spiro atoms. The van der Waals surface area contributed by atoms with Crippen LogP contribution in [0.3, 0.4) is 0 Å². The average Bonchev–Trinajstić information content (AvgIpc) is 2.95. The topological polar surface area (TPSA) is 84.2 Å². The lowest BCUT2D eigenvalue weighted by molar-refractivity contribution is -0.122. The minimum atomic E-state index is -0.217. The van der Waals surface area contributed by atoms with E-state index in [2.05, 4.69) is 10.6 Å². The SMILES string of the molecule is NC(=O)C1CCC(NC(=O)c2ccc3c(c2)CNC3)CC1. The number of carbonyl (C=O) groups is 2. The van der Waals surface area contributed by atoms with E-state index in [1.165, 1.54) is 11.1 Å². The summed E-state index contributed by atoms with van der Waals surface area (Å²) >= 11 is 0. The van der Waals surface area contributed by atoms with E-state index in [9.17, 15) is 9.59 Å². The summed E-state index contributed by atoms with van der Waals surface area (Å²) in [6, 6.07) is 6.03. The highest BCUT2D eigenvalue weighted by molar-refractivity contribution is 5.94. The summed E-state index contributed by atoms with van der Waals surface area (Å²) in [6.45, 7) is 1.72. The van der Waals surface area contributed by atoms with Gasteiger partial charge in [0.2, 0.25) is 5.91 Å². The van der Waals surface area contributed by atoms with Crippen molar-refractivity contribution in [2.24, 2.45) is 11.7 Å². The molecule has 0 atom stereocenters. The first kappa shape index (κ1) is 14.1. The highest BCUT2D eigenvalue weighted by Crippen LogP contribution is 2.24. The molecule has 0 saturated heterocycles. The van der Waals surface area contributed by atoms with Crippen LogP contribution in [0.15, 0.2) is 18.2 Å². The first-order valence-electron chi connectivity index (χ1n) is 7.56. The van der Waals surface area contributed by atoms with E-state index < -0.39 is 0 Å². The van der Waals surface area contributed by atoms with Crippen LogP contribution in [0.2, 0.25) is 0 Å². The number of hydrogen-bond acceptors (Lipinski definition) is 3. The molecule has 112 valence electrons. The molecular formula is C16H21N3O2. The van der Waals surface area contributed by atoms with Gasteiger partial charge in [0.15, 0.2) is 0 Å². The van der Waals surface area contributed by atoms with Crippen molar-refractivity contribution in [1.82, 2.24) is 10.6 Å². The molecule has 0 radical (unpaired) electrons. The van der Waals surface area contributed by atoms with E-state index in [0.29, 0.717) is 0 Å². The van der Waals surface area contributed by atoms with E-state index in [-0.39, 0.29) is 23.8 Å². The Labute approximate surface area is 124 Å². The monoisotopic (exact) mass is 287 g/mol. The largest absolute Gasteiger partial charge is 0.369 e. The van der Waals surface area contributed by atoms with Crippen LogP contribution in [-0.4, -0.2) is 17.9 Å². The third-order valence-corrected chi connectivity index (χ3v) is 4.56. The van der Waals surface area contributed by atoms with Crippen LogP contribution in [0.1, 0.15) is 47.2 Å².